The maximum Gasteiger partial charge on any atom is 0.433 e. The van der Waals surface area contributed by atoms with Crippen LogP contribution in [0.1, 0.15) is 39.3 Å². The fourth-order valence-corrected chi connectivity index (χ4v) is 2.58. The van der Waals surface area contributed by atoms with Crippen LogP contribution in [0.3, 0.4) is 0 Å². The van der Waals surface area contributed by atoms with Crippen LogP contribution >= 0.6 is 0 Å². The van der Waals surface area contributed by atoms with E-state index in [-0.39, 0.29) is 17.8 Å². The standard InChI is InChI=1S/C16H22F3N3O/c1-15(2,3)14(23)22-9-7-11(8-10-22)20-13-6-4-5-12(21-13)16(17,18)19/h4-6,11H,7-10H2,1-3H3,(H,20,21). The topological polar surface area (TPSA) is 45.2 Å². The minimum atomic E-state index is -4.44. The molecule has 1 N–H and O–H groups in total. The predicted molar refractivity (Wildman–Crippen MR) is 81.9 cm³/mol. The van der Waals surface area contributed by atoms with E-state index in [9.17, 15) is 18.0 Å². The Kier molecular flexibility index (Phi) is 4.87. The van der Waals surface area contributed by atoms with E-state index in [0.717, 1.165) is 6.07 Å². The SMILES string of the molecule is CC(C)(C)C(=O)N1CCC(Nc2cccc(C(F)(F)F)n2)CC1. The molecule has 0 unspecified atom stereocenters. The molecule has 0 aliphatic carbocycles. The van der Waals surface area contributed by atoms with E-state index >= 15 is 0 Å². The molecule has 0 atom stereocenters. The van der Waals surface area contributed by atoms with E-state index in [1.54, 1.807) is 0 Å². The van der Waals surface area contributed by atoms with Crippen molar-refractivity contribution in [2.45, 2.75) is 45.8 Å². The number of hydrogen-bond acceptors (Lipinski definition) is 3. The number of pyridine rings is 1. The maximum absolute atomic E-state index is 12.7. The van der Waals surface area contributed by atoms with E-state index < -0.39 is 17.3 Å². The van der Waals surface area contributed by atoms with Gasteiger partial charge in [0.25, 0.3) is 0 Å². The van der Waals surface area contributed by atoms with Crippen molar-refractivity contribution in [3.63, 3.8) is 0 Å². The van der Waals surface area contributed by atoms with Crippen LogP contribution in [0.15, 0.2) is 18.2 Å². The molecule has 1 fully saturated rings. The van der Waals surface area contributed by atoms with Gasteiger partial charge in [-0.3, -0.25) is 4.79 Å². The molecule has 7 heteroatoms. The Balaban J connectivity index is 1.94. The van der Waals surface area contributed by atoms with Crippen LogP contribution in [0.5, 0.6) is 0 Å². The van der Waals surface area contributed by atoms with Crippen molar-refractivity contribution in [2.24, 2.45) is 5.41 Å². The minimum Gasteiger partial charge on any atom is -0.367 e. The average molecular weight is 329 g/mol. The van der Waals surface area contributed by atoms with Gasteiger partial charge in [0.2, 0.25) is 5.91 Å². The third kappa shape index (κ3) is 4.59. The largest absolute Gasteiger partial charge is 0.433 e. The first-order chi connectivity index (χ1) is 10.6. The minimum absolute atomic E-state index is 0.0232. The third-order valence-electron chi connectivity index (χ3n) is 3.82. The molecule has 1 aliphatic heterocycles. The van der Waals surface area contributed by atoms with Crippen molar-refractivity contribution in [1.29, 1.82) is 0 Å². The third-order valence-corrected chi connectivity index (χ3v) is 3.82. The smallest absolute Gasteiger partial charge is 0.367 e. The van der Waals surface area contributed by atoms with Crippen molar-refractivity contribution in [2.75, 3.05) is 18.4 Å². The second kappa shape index (κ2) is 6.37. The lowest BCUT2D eigenvalue weighted by molar-refractivity contribution is -0.141. The lowest BCUT2D eigenvalue weighted by Gasteiger charge is -2.36. The van der Waals surface area contributed by atoms with Crippen molar-refractivity contribution < 1.29 is 18.0 Å². The average Bonchev–Trinajstić information content (AvgIpc) is 2.46. The number of carbonyl (C=O) groups excluding carboxylic acids is 1. The molecule has 4 nitrogen and oxygen atoms in total. The quantitative estimate of drug-likeness (QED) is 0.902. The highest BCUT2D eigenvalue weighted by atomic mass is 19.4. The van der Waals surface area contributed by atoms with E-state index in [2.05, 4.69) is 10.3 Å². The number of anilines is 1. The molecule has 0 aromatic carbocycles. The number of rotatable bonds is 2. The highest BCUT2D eigenvalue weighted by molar-refractivity contribution is 5.81. The van der Waals surface area contributed by atoms with E-state index in [1.165, 1.54) is 12.1 Å². The Bertz CT molecular complexity index is 558. The molecule has 0 spiro atoms. The van der Waals surface area contributed by atoms with E-state index in [1.807, 2.05) is 25.7 Å². The molecular weight excluding hydrogens is 307 g/mol. The van der Waals surface area contributed by atoms with E-state index in [0.29, 0.717) is 25.9 Å². The molecule has 0 radical (unpaired) electrons. The zero-order valence-electron chi connectivity index (χ0n) is 13.6. The number of halogens is 3. The van der Waals surface area contributed by atoms with Crippen molar-refractivity contribution in [3.05, 3.63) is 23.9 Å². The van der Waals surface area contributed by atoms with Gasteiger partial charge in [-0.1, -0.05) is 26.8 Å². The van der Waals surface area contributed by atoms with Gasteiger partial charge in [-0.15, -0.1) is 0 Å². The summed E-state index contributed by atoms with van der Waals surface area (Å²) in [7, 11) is 0. The molecule has 2 rings (SSSR count). The first-order valence-electron chi connectivity index (χ1n) is 7.67. The van der Waals surface area contributed by atoms with Crippen LogP contribution in [-0.4, -0.2) is 34.9 Å². The summed E-state index contributed by atoms with van der Waals surface area (Å²) in [5.41, 5.74) is -1.31. The molecule has 1 aliphatic rings. The van der Waals surface area contributed by atoms with Crippen LogP contribution in [0.4, 0.5) is 19.0 Å². The number of nitrogens with one attached hydrogen (secondary N) is 1. The number of piperidine rings is 1. The second-order valence-corrected chi connectivity index (χ2v) is 6.87. The maximum atomic E-state index is 12.7. The molecule has 128 valence electrons. The van der Waals surface area contributed by atoms with Gasteiger partial charge < -0.3 is 10.2 Å². The number of aromatic nitrogens is 1. The highest BCUT2D eigenvalue weighted by Crippen LogP contribution is 2.28. The molecule has 0 bridgehead atoms. The zero-order chi connectivity index (χ0) is 17.3. The summed E-state index contributed by atoms with van der Waals surface area (Å²) in [5.74, 6) is 0.327. The molecule has 2 heterocycles. The Hall–Kier alpha value is -1.79. The van der Waals surface area contributed by atoms with Gasteiger partial charge in [0, 0.05) is 24.5 Å². The molecule has 1 saturated heterocycles. The lowest BCUT2D eigenvalue weighted by Crippen LogP contribution is -2.46. The first kappa shape index (κ1) is 17.6. The summed E-state index contributed by atoms with van der Waals surface area (Å²) in [6, 6.07) is 3.85. The van der Waals surface area contributed by atoms with Crippen LogP contribution in [0.25, 0.3) is 0 Å². The summed E-state index contributed by atoms with van der Waals surface area (Å²) >= 11 is 0. The number of alkyl halides is 3. The molecular formula is C16H22F3N3O. The zero-order valence-corrected chi connectivity index (χ0v) is 13.6. The van der Waals surface area contributed by atoms with Crippen LogP contribution in [-0.2, 0) is 11.0 Å². The monoisotopic (exact) mass is 329 g/mol. The number of nitrogens with zero attached hydrogens (tertiary/aromatic N) is 2. The number of likely N-dealkylation sites (tertiary alicyclic amines) is 1. The predicted octanol–water partition coefficient (Wildman–Crippen LogP) is 3.55. The van der Waals surface area contributed by atoms with Crippen LogP contribution in [0, 0.1) is 5.41 Å². The van der Waals surface area contributed by atoms with E-state index in [4.69, 9.17) is 0 Å². The summed E-state index contributed by atoms with van der Waals surface area (Å²) < 4.78 is 38.0. The van der Waals surface area contributed by atoms with Crippen molar-refractivity contribution in [1.82, 2.24) is 9.88 Å². The fraction of sp³-hybridized carbons (Fsp3) is 0.625. The summed E-state index contributed by atoms with van der Waals surface area (Å²) in [4.78, 5) is 17.6. The first-order valence-corrected chi connectivity index (χ1v) is 7.67. The number of carbonyl (C=O) groups is 1. The van der Waals surface area contributed by atoms with Crippen molar-refractivity contribution in [3.8, 4) is 0 Å². The van der Waals surface area contributed by atoms with Gasteiger partial charge in [-0.25, -0.2) is 4.98 Å². The van der Waals surface area contributed by atoms with Gasteiger partial charge in [-0.2, -0.15) is 13.2 Å². The Labute approximate surface area is 134 Å². The van der Waals surface area contributed by atoms with Gasteiger partial charge in [-0.05, 0) is 25.0 Å². The molecule has 1 aromatic rings. The highest BCUT2D eigenvalue weighted by Gasteiger charge is 2.33. The lowest BCUT2D eigenvalue weighted by atomic mass is 9.93. The second-order valence-electron chi connectivity index (χ2n) is 6.87. The number of hydrogen-bond donors (Lipinski definition) is 1. The summed E-state index contributed by atoms with van der Waals surface area (Å²) in [6.07, 6.45) is -3.06. The normalized spacial score (nSPS) is 17.2. The van der Waals surface area contributed by atoms with Crippen molar-refractivity contribution >= 4 is 11.7 Å². The molecule has 0 saturated carbocycles. The van der Waals surface area contributed by atoms with Gasteiger partial charge in [0.1, 0.15) is 11.5 Å². The van der Waals surface area contributed by atoms with Crippen LogP contribution < -0.4 is 5.32 Å². The van der Waals surface area contributed by atoms with Gasteiger partial charge in [0.05, 0.1) is 0 Å². The molecule has 23 heavy (non-hydrogen) atoms. The molecule has 1 aromatic heterocycles. The Morgan fingerprint density at radius 1 is 1.22 bits per heavy atom. The fourth-order valence-electron chi connectivity index (χ4n) is 2.58. The number of amides is 1. The Morgan fingerprint density at radius 3 is 2.35 bits per heavy atom. The van der Waals surface area contributed by atoms with Crippen LogP contribution in [0.2, 0.25) is 0 Å². The summed E-state index contributed by atoms with van der Waals surface area (Å²) in [6.45, 7) is 6.85. The summed E-state index contributed by atoms with van der Waals surface area (Å²) in [5, 5.41) is 3.04. The van der Waals surface area contributed by atoms with Gasteiger partial charge >= 0.3 is 6.18 Å². The Morgan fingerprint density at radius 2 is 1.83 bits per heavy atom. The molecule has 1 amide bonds. The van der Waals surface area contributed by atoms with Gasteiger partial charge in [0.15, 0.2) is 0 Å².